The quantitative estimate of drug-likeness (QED) is 0.361. The highest BCUT2D eigenvalue weighted by molar-refractivity contribution is 7.90. The first-order valence-electron chi connectivity index (χ1n) is 5.49. The van der Waals surface area contributed by atoms with Gasteiger partial charge in [0.2, 0.25) is 10.0 Å². The molecule has 0 spiro atoms. The van der Waals surface area contributed by atoms with E-state index in [9.17, 15) is 16.8 Å². The van der Waals surface area contributed by atoms with Gasteiger partial charge >= 0.3 is 0 Å². The van der Waals surface area contributed by atoms with Crippen LogP contribution in [-0.4, -0.2) is 35.4 Å². The molecule has 7 nitrogen and oxygen atoms in total. The molecule has 9 heteroatoms. The first-order valence-corrected chi connectivity index (χ1v) is 9.03. The Hall–Kier alpha value is -1.16. The molecule has 0 heterocycles. The van der Waals surface area contributed by atoms with Crippen molar-refractivity contribution in [1.29, 1.82) is 0 Å². The summed E-state index contributed by atoms with van der Waals surface area (Å²) >= 11 is 0. The summed E-state index contributed by atoms with van der Waals surface area (Å²) in [5.41, 5.74) is 2.99. The zero-order valence-corrected chi connectivity index (χ0v) is 12.1. The number of rotatable bonds is 7. The Morgan fingerprint density at radius 3 is 2.16 bits per heavy atom. The largest absolute Gasteiger partial charge is 0.324 e. The summed E-state index contributed by atoms with van der Waals surface area (Å²) in [7, 11) is -6.69. The van der Waals surface area contributed by atoms with E-state index in [1.54, 1.807) is 0 Å². The van der Waals surface area contributed by atoms with Crippen LogP contribution in [0.15, 0.2) is 29.2 Å². The van der Waals surface area contributed by atoms with Crippen LogP contribution in [0, 0.1) is 0 Å². The molecule has 4 N–H and O–H groups in total. The number of nitrogens with two attached hydrogens (primary N) is 1. The second-order valence-corrected chi connectivity index (χ2v) is 8.08. The number of hydrogen-bond donors (Lipinski definition) is 3. The second kappa shape index (κ2) is 6.33. The fourth-order valence-electron chi connectivity index (χ4n) is 1.35. The van der Waals surface area contributed by atoms with E-state index >= 15 is 0 Å². The summed E-state index contributed by atoms with van der Waals surface area (Å²) in [6.45, 7) is 0.0757. The normalized spacial score (nSPS) is 12.3. The van der Waals surface area contributed by atoms with E-state index in [4.69, 9.17) is 5.84 Å². The highest BCUT2D eigenvalue weighted by Crippen LogP contribution is 2.12. The van der Waals surface area contributed by atoms with Crippen LogP contribution in [0.1, 0.15) is 6.42 Å². The van der Waals surface area contributed by atoms with E-state index in [0.717, 1.165) is 6.26 Å². The maximum Gasteiger partial charge on any atom is 0.240 e. The zero-order chi connectivity index (χ0) is 14.5. The third-order valence-corrected chi connectivity index (χ3v) is 4.82. The molecule has 19 heavy (non-hydrogen) atoms. The van der Waals surface area contributed by atoms with Crippen molar-refractivity contribution in [2.45, 2.75) is 11.3 Å². The van der Waals surface area contributed by atoms with Crippen molar-refractivity contribution >= 4 is 25.5 Å². The summed E-state index contributed by atoms with van der Waals surface area (Å²) in [5.74, 6) is 5.13. The van der Waals surface area contributed by atoms with Crippen LogP contribution in [-0.2, 0) is 19.9 Å². The van der Waals surface area contributed by atoms with E-state index in [0.29, 0.717) is 5.69 Å². The summed E-state index contributed by atoms with van der Waals surface area (Å²) in [5, 5.41) is 0. The smallest absolute Gasteiger partial charge is 0.240 e. The maximum absolute atomic E-state index is 11.8. The molecule has 0 saturated heterocycles. The van der Waals surface area contributed by atoms with Gasteiger partial charge in [0.1, 0.15) is 9.84 Å². The Labute approximate surface area is 113 Å². The summed E-state index contributed by atoms with van der Waals surface area (Å²) in [6.07, 6.45) is 1.35. The fourth-order valence-corrected chi connectivity index (χ4v) is 3.10. The molecule has 0 saturated carbocycles. The van der Waals surface area contributed by atoms with Crippen molar-refractivity contribution < 1.29 is 16.8 Å². The number of sulfonamides is 1. The molecule has 0 atom stereocenters. The molecule has 0 radical (unpaired) electrons. The molecule has 0 aliphatic heterocycles. The van der Waals surface area contributed by atoms with Crippen LogP contribution in [0.3, 0.4) is 0 Å². The van der Waals surface area contributed by atoms with E-state index in [1.807, 2.05) is 0 Å². The van der Waals surface area contributed by atoms with Gasteiger partial charge in [-0.2, -0.15) is 0 Å². The Balaban J connectivity index is 2.60. The van der Waals surface area contributed by atoms with E-state index < -0.39 is 19.9 Å². The van der Waals surface area contributed by atoms with E-state index in [1.165, 1.54) is 24.3 Å². The van der Waals surface area contributed by atoms with Crippen molar-refractivity contribution in [2.75, 3.05) is 24.0 Å². The summed E-state index contributed by atoms with van der Waals surface area (Å²) < 4.78 is 47.8. The van der Waals surface area contributed by atoms with E-state index in [2.05, 4.69) is 10.1 Å². The minimum atomic E-state index is -3.62. The molecule has 0 aromatic heterocycles. The van der Waals surface area contributed by atoms with Gasteiger partial charge in [-0.15, -0.1) is 0 Å². The van der Waals surface area contributed by atoms with Crippen LogP contribution in [0.25, 0.3) is 0 Å². The van der Waals surface area contributed by atoms with Crippen LogP contribution < -0.4 is 16.0 Å². The molecule has 108 valence electrons. The second-order valence-electron chi connectivity index (χ2n) is 4.05. The van der Waals surface area contributed by atoms with Crippen LogP contribution >= 0.6 is 0 Å². The molecule has 0 fully saturated rings. The number of hydrogen-bond acceptors (Lipinski definition) is 6. The Morgan fingerprint density at radius 2 is 1.68 bits per heavy atom. The molecule has 0 bridgehead atoms. The molecule has 0 aliphatic carbocycles. The lowest BCUT2D eigenvalue weighted by Crippen LogP contribution is -2.26. The molecule has 0 aliphatic rings. The molecular formula is C10H17N3O4S2. The SMILES string of the molecule is CS(=O)(=O)CCCNS(=O)(=O)c1ccc(NN)cc1. The van der Waals surface area contributed by atoms with Gasteiger partial charge < -0.3 is 5.43 Å². The van der Waals surface area contributed by atoms with Crippen molar-refractivity contribution in [3.8, 4) is 0 Å². The highest BCUT2D eigenvalue weighted by atomic mass is 32.2. The standard InChI is InChI=1S/C10H17N3O4S2/c1-18(14,15)8-2-7-12-19(16,17)10-5-3-9(13-11)4-6-10/h3-6,12-13H,2,7-8,11H2,1H3. The van der Waals surface area contributed by atoms with Gasteiger partial charge in [-0.05, 0) is 30.7 Å². The molecule has 1 aromatic carbocycles. The van der Waals surface area contributed by atoms with Crippen molar-refractivity contribution in [2.24, 2.45) is 5.84 Å². The van der Waals surface area contributed by atoms with Crippen molar-refractivity contribution in [1.82, 2.24) is 4.72 Å². The van der Waals surface area contributed by atoms with Crippen molar-refractivity contribution in [3.05, 3.63) is 24.3 Å². The van der Waals surface area contributed by atoms with Gasteiger partial charge in [0.15, 0.2) is 0 Å². The zero-order valence-electron chi connectivity index (χ0n) is 10.5. The van der Waals surface area contributed by atoms with Gasteiger partial charge in [0.05, 0.1) is 10.6 Å². The first-order chi connectivity index (χ1) is 8.74. The summed E-state index contributed by atoms with van der Waals surface area (Å²) in [6, 6.07) is 5.89. The number of anilines is 1. The minimum absolute atomic E-state index is 0.0500. The first kappa shape index (κ1) is 15.9. The predicted octanol–water partition coefficient (Wildman–Crippen LogP) is -0.315. The molecule has 1 aromatic rings. The lowest BCUT2D eigenvalue weighted by molar-refractivity contribution is 0.577. The van der Waals surface area contributed by atoms with E-state index in [-0.39, 0.29) is 23.6 Å². The molecule has 0 amide bonds. The lowest BCUT2D eigenvalue weighted by atomic mass is 10.3. The number of nitrogen functional groups attached to an aromatic ring is 1. The Morgan fingerprint density at radius 1 is 1.11 bits per heavy atom. The van der Waals surface area contributed by atoms with Gasteiger partial charge in [-0.3, -0.25) is 5.84 Å². The Bertz CT molecular complexity index is 609. The van der Waals surface area contributed by atoms with Crippen LogP contribution in [0.2, 0.25) is 0 Å². The average Bonchev–Trinajstić information content (AvgIpc) is 2.34. The van der Waals surface area contributed by atoms with Gasteiger partial charge in [-0.1, -0.05) is 0 Å². The third-order valence-electron chi connectivity index (χ3n) is 2.32. The lowest BCUT2D eigenvalue weighted by Gasteiger charge is -2.07. The topological polar surface area (TPSA) is 118 Å². The number of sulfone groups is 1. The molecule has 0 unspecified atom stereocenters. The average molecular weight is 307 g/mol. The Kier molecular flexibility index (Phi) is 5.29. The fraction of sp³-hybridized carbons (Fsp3) is 0.400. The number of nitrogens with one attached hydrogen (secondary N) is 2. The monoisotopic (exact) mass is 307 g/mol. The number of hydrazine groups is 1. The van der Waals surface area contributed by atoms with Crippen LogP contribution in [0.5, 0.6) is 0 Å². The minimum Gasteiger partial charge on any atom is -0.324 e. The predicted molar refractivity (Wildman–Crippen MR) is 73.8 cm³/mol. The third kappa shape index (κ3) is 5.55. The number of benzene rings is 1. The molecule has 1 rings (SSSR count). The maximum atomic E-state index is 11.8. The van der Waals surface area contributed by atoms with Crippen molar-refractivity contribution in [3.63, 3.8) is 0 Å². The van der Waals surface area contributed by atoms with Gasteiger partial charge in [0.25, 0.3) is 0 Å². The molecular weight excluding hydrogens is 290 g/mol. The van der Waals surface area contributed by atoms with Gasteiger partial charge in [0, 0.05) is 18.5 Å². The highest BCUT2D eigenvalue weighted by Gasteiger charge is 2.13. The van der Waals surface area contributed by atoms with Gasteiger partial charge in [-0.25, -0.2) is 21.6 Å². The summed E-state index contributed by atoms with van der Waals surface area (Å²) in [4.78, 5) is 0.103. The van der Waals surface area contributed by atoms with Crippen LogP contribution in [0.4, 0.5) is 5.69 Å².